The number of hydrogen-bond donors (Lipinski definition) is 3. The summed E-state index contributed by atoms with van der Waals surface area (Å²) in [5.74, 6) is -0.165. The fourth-order valence-corrected chi connectivity index (χ4v) is 4.82. The van der Waals surface area contributed by atoms with E-state index in [-0.39, 0.29) is 60.3 Å². The Morgan fingerprint density at radius 1 is 1.21 bits per heavy atom. The van der Waals surface area contributed by atoms with Gasteiger partial charge in [-0.25, -0.2) is 0 Å². The van der Waals surface area contributed by atoms with E-state index in [9.17, 15) is 9.59 Å². The van der Waals surface area contributed by atoms with Gasteiger partial charge in [0.15, 0.2) is 0 Å². The Balaban J connectivity index is 1.49. The first-order valence-electron chi connectivity index (χ1n) is 12.4. The molecule has 3 aliphatic heterocycles. The quantitative estimate of drug-likeness (QED) is 0.267. The summed E-state index contributed by atoms with van der Waals surface area (Å²) < 4.78 is 18.0. The first kappa shape index (κ1) is 26.6. The largest absolute Gasteiger partial charge is 0.373 e. The zero-order valence-corrected chi connectivity index (χ0v) is 20.9. The lowest BCUT2D eigenvalue weighted by molar-refractivity contribution is -0.125. The molecule has 3 aliphatic rings. The van der Waals surface area contributed by atoms with Gasteiger partial charge in [0.1, 0.15) is 0 Å². The molecule has 1 spiro atoms. The summed E-state index contributed by atoms with van der Waals surface area (Å²) >= 11 is 0. The Morgan fingerprint density at radius 3 is 2.59 bits per heavy atom. The van der Waals surface area contributed by atoms with Gasteiger partial charge in [-0.05, 0) is 39.5 Å². The fourth-order valence-electron chi connectivity index (χ4n) is 4.82. The summed E-state index contributed by atoms with van der Waals surface area (Å²) in [7, 11) is 0. The molecule has 5 N–H and O–H groups in total. The van der Waals surface area contributed by atoms with Crippen LogP contribution in [0.4, 0.5) is 0 Å². The molecule has 3 saturated heterocycles. The average molecular weight is 476 g/mol. The number of amides is 2. The van der Waals surface area contributed by atoms with Crippen LogP contribution in [-0.2, 0) is 23.8 Å². The third-order valence-electron chi connectivity index (χ3n) is 6.86. The van der Waals surface area contributed by atoms with Crippen molar-refractivity contribution in [2.75, 3.05) is 6.61 Å². The van der Waals surface area contributed by atoms with Gasteiger partial charge < -0.3 is 31.0 Å². The van der Waals surface area contributed by atoms with Crippen molar-refractivity contribution in [3.8, 4) is 0 Å². The molecule has 190 valence electrons. The third kappa shape index (κ3) is 8.05. The minimum atomic E-state index is -0.347. The predicted molar refractivity (Wildman–Crippen MR) is 131 cm³/mol. The lowest BCUT2D eigenvalue weighted by atomic mass is 9.88. The Labute approximate surface area is 203 Å². The lowest BCUT2D eigenvalue weighted by Gasteiger charge is -2.39. The number of ether oxygens (including phenoxy) is 3. The number of carbonyl (C=O) groups excluding carboxylic acids is 2. The molecule has 0 bridgehead atoms. The molecule has 8 nitrogen and oxygen atoms in total. The van der Waals surface area contributed by atoms with Gasteiger partial charge in [0, 0.05) is 25.0 Å². The van der Waals surface area contributed by atoms with Crippen LogP contribution in [0.5, 0.6) is 0 Å². The molecule has 0 aromatic rings. The smallest absolute Gasteiger partial charge is 0.244 e. The second-order valence-electron chi connectivity index (χ2n) is 10.3. The van der Waals surface area contributed by atoms with E-state index in [1.165, 1.54) is 6.08 Å². The van der Waals surface area contributed by atoms with Gasteiger partial charge >= 0.3 is 0 Å². The SMILES string of the molecule is CC(/C=C/C1C[C@]2(CO2)CC(CC(N)=O)O1)=C\C[C@@H]1O[C@H](C)[C@H](NC(=O)/C=C\C(C)N)C[C@@H]1C. The van der Waals surface area contributed by atoms with Crippen LogP contribution in [0.25, 0.3) is 0 Å². The summed E-state index contributed by atoms with van der Waals surface area (Å²) in [6, 6.07) is -0.169. The van der Waals surface area contributed by atoms with E-state index >= 15 is 0 Å². The summed E-state index contributed by atoms with van der Waals surface area (Å²) in [6.07, 6.45) is 12.7. The van der Waals surface area contributed by atoms with Gasteiger partial charge in [0.25, 0.3) is 0 Å². The lowest BCUT2D eigenvalue weighted by Crippen LogP contribution is -2.50. The highest BCUT2D eigenvalue weighted by atomic mass is 16.6. The Morgan fingerprint density at radius 2 is 1.94 bits per heavy atom. The van der Waals surface area contributed by atoms with Crippen LogP contribution < -0.4 is 16.8 Å². The average Bonchev–Trinajstić information content (AvgIpc) is 3.49. The van der Waals surface area contributed by atoms with E-state index in [2.05, 4.69) is 37.4 Å². The molecule has 2 amide bonds. The molecular formula is C26H41N3O5. The van der Waals surface area contributed by atoms with Crippen LogP contribution in [0.1, 0.15) is 59.8 Å². The van der Waals surface area contributed by atoms with Gasteiger partial charge in [-0.15, -0.1) is 0 Å². The highest BCUT2D eigenvalue weighted by Gasteiger charge is 2.51. The van der Waals surface area contributed by atoms with E-state index < -0.39 is 0 Å². The minimum Gasteiger partial charge on any atom is -0.373 e. The topological polar surface area (TPSA) is 129 Å². The highest BCUT2D eigenvalue weighted by molar-refractivity contribution is 5.87. The van der Waals surface area contributed by atoms with Crippen LogP contribution in [-0.4, -0.2) is 60.5 Å². The number of carbonyl (C=O) groups is 2. The van der Waals surface area contributed by atoms with Gasteiger partial charge in [0.2, 0.25) is 11.8 Å². The second-order valence-corrected chi connectivity index (χ2v) is 10.3. The van der Waals surface area contributed by atoms with E-state index in [0.29, 0.717) is 5.92 Å². The Bertz CT molecular complexity index is 817. The highest BCUT2D eigenvalue weighted by Crippen LogP contribution is 2.43. The molecule has 3 heterocycles. The molecule has 0 saturated carbocycles. The number of epoxide rings is 1. The molecule has 3 rings (SSSR count). The normalized spacial score (nSPS) is 37.3. The van der Waals surface area contributed by atoms with Crippen molar-refractivity contribution >= 4 is 11.8 Å². The third-order valence-corrected chi connectivity index (χ3v) is 6.86. The van der Waals surface area contributed by atoms with E-state index in [1.54, 1.807) is 6.08 Å². The summed E-state index contributed by atoms with van der Waals surface area (Å²) in [5.41, 5.74) is 12.0. The van der Waals surface area contributed by atoms with Gasteiger partial charge in [-0.1, -0.05) is 36.8 Å². The van der Waals surface area contributed by atoms with Crippen molar-refractivity contribution in [1.29, 1.82) is 0 Å². The van der Waals surface area contributed by atoms with E-state index in [0.717, 1.165) is 37.9 Å². The second kappa shape index (κ2) is 11.6. The van der Waals surface area contributed by atoms with Crippen LogP contribution in [0.3, 0.4) is 0 Å². The van der Waals surface area contributed by atoms with Crippen molar-refractivity contribution in [2.24, 2.45) is 17.4 Å². The van der Waals surface area contributed by atoms with Crippen molar-refractivity contribution in [3.63, 3.8) is 0 Å². The monoisotopic (exact) mass is 475 g/mol. The summed E-state index contributed by atoms with van der Waals surface area (Å²) in [5, 5.41) is 3.04. The molecule has 0 aromatic heterocycles. The maximum Gasteiger partial charge on any atom is 0.244 e. The van der Waals surface area contributed by atoms with Gasteiger partial charge in [-0.2, -0.15) is 0 Å². The number of primary amides is 1. The van der Waals surface area contributed by atoms with Crippen LogP contribution in [0.15, 0.2) is 36.0 Å². The van der Waals surface area contributed by atoms with Gasteiger partial charge in [0.05, 0.1) is 49.1 Å². The fraction of sp³-hybridized carbons (Fsp3) is 0.692. The Hall–Kier alpha value is -2.00. The number of nitrogens with one attached hydrogen (secondary N) is 1. The molecule has 8 heteroatoms. The zero-order chi connectivity index (χ0) is 24.9. The van der Waals surface area contributed by atoms with Crippen LogP contribution >= 0.6 is 0 Å². The molecule has 0 aromatic carbocycles. The first-order valence-corrected chi connectivity index (χ1v) is 12.4. The van der Waals surface area contributed by atoms with E-state index in [1.807, 2.05) is 13.8 Å². The minimum absolute atomic E-state index is 0.0183. The molecule has 8 atom stereocenters. The van der Waals surface area contributed by atoms with Gasteiger partial charge in [-0.3, -0.25) is 9.59 Å². The summed E-state index contributed by atoms with van der Waals surface area (Å²) in [4.78, 5) is 23.4. The van der Waals surface area contributed by atoms with Crippen molar-refractivity contribution in [1.82, 2.24) is 5.32 Å². The number of hydrogen-bond acceptors (Lipinski definition) is 6. The zero-order valence-electron chi connectivity index (χ0n) is 20.9. The van der Waals surface area contributed by atoms with E-state index in [4.69, 9.17) is 25.7 Å². The molecule has 3 unspecified atom stereocenters. The Kier molecular flexibility index (Phi) is 9.09. The van der Waals surface area contributed by atoms with Crippen LogP contribution in [0.2, 0.25) is 0 Å². The molecule has 0 radical (unpaired) electrons. The summed E-state index contributed by atoms with van der Waals surface area (Å²) in [6.45, 7) is 8.79. The number of nitrogens with two attached hydrogens (primary N) is 2. The number of rotatable bonds is 9. The van der Waals surface area contributed by atoms with Crippen molar-refractivity contribution < 1.29 is 23.8 Å². The standard InChI is InChI=1S/C26H41N3O5/c1-16(5-8-20-13-26(15-32-26)14-21(34-20)12-24(28)30)6-9-23-17(2)11-22(19(4)33-23)29-25(31)10-7-18(3)27/h5-8,10,17-23H,9,11-15,27H2,1-4H3,(H2,28,30)(H,29,31)/b8-5+,10-7-,16-6+/t17-,18?,19+,20?,21?,22+,23-,26+/m0/s1. The molecule has 34 heavy (non-hydrogen) atoms. The maximum absolute atomic E-state index is 12.1. The predicted octanol–water partition coefficient (Wildman–Crippen LogP) is 2.27. The molecule has 0 aliphatic carbocycles. The molecular weight excluding hydrogens is 434 g/mol. The number of allylic oxidation sites excluding steroid dienone is 2. The first-order chi connectivity index (χ1) is 16.0. The van der Waals surface area contributed by atoms with Crippen molar-refractivity contribution in [3.05, 3.63) is 36.0 Å². The molecule has 3 fully saturated rings. The van der Waals surface area contributed by atoms with Crippen LogP contribution in [0, 0.1) is 5.92 Å². The maximum atomic E-state index is 12.1. The van der Waals surface area contributed by atoms with Crippen molar-refractivity contribution in [2.45, 2.75) is 102 Å².